The van der Waals surface area contributed by atoms with Gasteiger partial charge in [-0.15, -0.1) is 0 Å². The Bertz CT molecular complexity index is 612. The van der Waals surface area contributed by atoms with E-state index >= 15 is 0 Å². The van der Waals surface area contributed by atoms with Gasteiger partial charge in [0, 0.05) is 18.4 Å². The molecule has 4 nitrogen and oxygen atoms in total. The number of carbonyl (C=O) groups is 1. The molecule has 1 fully saturated rings. The zero-order chi connectivity index (χ0) is 17.3. The van der Waals surface area contributed by atoms with E-state index in [9.17, 15) is 4.79 Å². The number of hydrogen-bond acceptors (Lipinski definition) is 4. The molecule has 0 aromatic heterocycles. The molecule has 0 bridgehead atoms. The Morgan fingerprint density at radius 1 is 1.26 bits per heavy atom. The Balaban J connectivity index is 2.25. The van der Waals surface area contributed by atoms with Crippen molar-refractivity contribution < 1.29 is 14.1 Å². The van der Waals surface area contributed by atoms with Crippen LogP contribution in [0, 0.1) is 0 Å². The summed E-state index contributed by atoms with van der Waals surface area (Å²) in [6.07, 6.45) is 2.00. The summed E-state index contributed by atoms with van der Waals surface area (Å²) < 4.78 is 12.1. The molecule has 1 aliphatic rings. The summed E-state index contributed by atoms with van der Waals surface area (Å²) in [6.45, 7) is 9.61. The van der Waals surface area contributed by atoms with Gasteiger partial charge >= 0.3 is 7.12 Å². The lowest BCUT2D eigenvalue weighted by Crippen LogP contribution is -2.41. The molecule has 0 unspecified atom stereocenters. The van der Waals surface area contributed by atoms with Crippen molar-refractivity contribution in [2.45, 2.75) is 45.8 Å². The lowest BCUT2D eigenvalue weighted by atomic mass is 9.78. The van der Waals surface area contributed by atoms with Crippen molar-refractivity contribution in [3.8, 4) is 0 Å². The number of amides is 1. The maximum atomic E-state index is 11.2. The Morgan fingerprint density at radius 2 is 1.87 bits per heavy atom. The van der Waals surface area contributed by atoms with E-state index < -0.39 is 7.12 Å². The second kappa shape index (κ2) is 6.71. The van der Waals surface area contributed by atoms with Crippen LogP contribution in [0.3, 0.4) is 0 Å². The van der Waals surface area contributed by atoms with Crippen LogP contribution in [0.1, 0.15) is 40.2 Å². The molecule has 1 heterocycles. The van der Waals surface area contributed by atoms with Gasteiger partial charge in [0.15, 0.2) is 0 Å². The standard InChI is InChI=1S/C17H24BNO3S/c1-12(20)19-15-8-6-7-13(10-15)9-14(11-23)18-21-16(2,3)17(4,5)22-18/h6-10,23H,11H2,1-5H3,(H,19,20). The topological polar surface area (TPSA) is 47.6 Å². The fourth-order valence-corrected chi connectivity index (χ4v) is 2.55. The molecule has 1 amide bonds. The molecular weight excluding hydrogens is 309 g/mol. The molecule has 0 radical (unpaired) electrons. The monoisotopic (exact) mass is 333 g/mol. The Morgan fingerprint density at radius 3 is 2.39 bits per heavy atom. The van der Waals surface area contributed by atoms with Gasteiger partial charge in [0.2, 0.25) is 5.91 Å². The minimum atomic E-state index is -0.415. The molecule has 1 aliphatic heterocycles. The van der Waals surface area contributed by atoms with Crippen molar-refractivity contribution in [2.24, 2.45) is 0 Å². The molecular formula is C17H24BNO3S. The van der Waals surface area contributed by atoms with Crippen molar-refractivity contribution in [3.63, 3.8) is 0 Å². The predicted octanol–water partition coefficient (Wildman–Crippen LogP) is 3.59. The summed E-state index contributed by atoms with van der Waals surface area (Å²) >= 11 is 4.42. The molecule has 0 spiro atoms. The van der Waals surface area contributed by atoms with Gasteiger partial charge in [-0.2, -0.15) is 12.6 Å². The normalized spacial score (nSPS) is 19.7. The number of anilines is 1. The number of nitrogens with one attached hydrogen (secondary N) is 1. The molecule has 0 saturated carbocycles. The molecule has 23 heavy (non-hydrogen) atoms. The molecule has 1 saturated heterocycles. The predicted molar refractivity (Wildman–Crippen MR) is 98.7 cm³/mol. The summed E-state index contributed by atoms with van der Waals surface area (Å²) in [7, 11) is -0.415. The van der Waals surface area contributed by atoms with Crippen LogP contribution in [0.15, 0.2) is 29.7 Å². The van der Waals surface area contributed by atoms with Crippen LogP contribution in [0.25, 0.3) is 6.08 Å². The minimum absolute atomic E-state index is 0.0912. The highest BCUT2D eigenvalue weighted by atomic mass is 32.1. The summed E-state index contributed by atoms with van der Waals surface area (Å²) in [5.74, 6) is 0.438. The Kier molecular flexibility index (Phi) is 5.28. The number of hydrogen-bond donors (Lipinski definition) is 2. The molecule has 2 rings (SSSR count). The maximum Gasteiger partial charge on any atom is 0.491 e. The van der Waals surface area contributed by atoms with E-state index in [0.29, 0.717) is 5.75 Å². The van der Waals surface area contributed by atoms with Crippen LogP contribution < -0.4 is 5.32 Å². The second-order valence-electron chi connectivity index (χ2n) is 6.77. The third kappa shape index (κ3) is 4.19. The molecule has 1 aromatic rings. The van der Waals surface area contributed by atoms with E-state index in [1.54, 1.807) is 0 Å². The Labute approximate surface area is 144 Å². The van der Waals surface area contributed by atoms with E-state index in [0.717, 1.165) is 16.7 Å². The molecule has 0 atom stereocenters. The number of thiol groups is 1. The number of benzene rings is 1. The quantitative estimate of drug-likeness (QED) is 0.654. The Hall–Kier alpha value is -1.24. The van der Waals surface area contributed by atoms with Crippen LogP contribution >= 0.6 is 12.6 Å². The zero-order valence-electron chi connectivity index (χ0n) is 14.3. The fraction of sp³-hybridized carbons (Fsp3) is 0.471. The smallest absolute Gasteiger partial charge is 0.400 e. The SMILES string of the molecule is CC(=O)Nc1cccc(C=C(CS)B2OC(C)(C)C(C)(C)O2)c1. The molecule has 124 valence electrons. The van der Waals surface area contributed by atoms with Gasteiger partial charge in [-0.05, 0) is 50.9 Å². The summed E-state index contributed by atoms with van der Waals surface area (Å²) in [5, 5.41) is 2.78. The minimum Gasteiger partial charge on any atom is -0.400 e. The van der Waals surface area contributed by atoms with Crippen LogP contribution in [-0.2, 0) is 14.1 Å². The van der Waals surface area contributed by atoms with Crippen molar-refractivity contribution in [1.29, 1.82) is 0 Å². The first-order valence-corrected chi connectivity index (χ1v) is 8.32. The van der Waals surface area contributed by atoms with Crippen molar-refractivity contribution in [1.82, 2.24) is 0 Å². The van der Waals surface area contributed by atoms with E-state index in [1.807, 2.05) is 58.0 Å². The van der Waals surface area contributed by atoms with E-state index in [1.165, 1.54) is 6.92 Å². The highest BCUT2D eigenvalue weighted by Gasteiger charge is 2.52. The zero-order valence-corrected chi connectivity index (χ0v) is 15.2. The average Bonchev–Trinajstić information content (AvgIpc) is 2.64. The molecule has 1 aromatic carbocycles. The molecule has 0 aliphatic carbocycles. The van der Waals surface area contributed by atoms with Crippen LogP contribution in [0.4, 0.5) is 5.69 Å². The summed E-state index contributed by atoms with van der Waals surface area (Å²) in [6, 6.07) is 7.64. The summed E-state index contributed by atoms with van der Waals surface area (Å²) in [5.41, 5.74) is 1.93. The highest BCUT2D eigenvalue weighted by molar-refractivity contribution is 7.80. The largest absolute Gasteiger partial charge is 0.491 e. The first-order chi connectivity index (χ1) is 10.6. The second-order valence-corrected chi connectivity index (χ2v) is 7.09. The van der Waals surface area contributed by atoms with Gasteiger partial charge in [0.1, 0.15) is 0 Å². The van der Waals surface area contributed by atoms with Gasteiger partial charge in [0.25, 0.3) is 0 Å². The van der Waals surface area contributed by atoms with Crippen molar-refractivity contribution in [2.75, 3.05) is 11.1 Å². The van der Waals surface area contributed by atoms with Gasteiger partial charge in [-0.25, -0.2) is 0 Å². The number of rotatable bonds is 4. The highest BCUT2D eigenvalue weighted by Crippen LogP contribution is 2.39. The third-order valence-corrected chi connectivity index (χ3v) is 4.66. The van der Waals surface area contributed by atoms with Crippen molar-refractivity contribution in [3.05, 3.63) is 35.3 Å². The van der Waals surface area contributed by atoms with E-state index in [2.05, 4.69) is 17.9 Å². The first-order valence-electron chi connectivity index (χ1n) is 7.69. The summed E-state index contributed by atoms with van der Waals surface area (Å²) in [4.78, 5) is 11.2. The van der Waals surface area contributed by atoms with Crippen LogP contribution in [0.5, 0.6) is 0 Å². The van der Waals surface area contributed by atoms with Gasteiger partial charge < -0.3 is 14.6 Å². The van der Waals surface area contributed by atoms with E-state index in [-0.39, 0.29) is 17.1 Å². The van der Waals surface area contributed by atoms with Gasteiger partial charge in [0.05, 0.1) is 11.2 Å². The van der Waals surface area contributed by atoms with Crippen LogP contribution in [0.2, 0.25) is 0 Å². The molecule has 6 heteroatoms. The lowest BCUT2D eigenvalue weighted by Gasteiger charge is -2.32. The fourth-order valence-electron chi connectivity index (χ4n) is 2.31. The van der Waals surface area contributed by atoms with Gasteiger partial charge in [-0.3, -0.25) is 4.79 Å². The molecule has 1 N–H and O–H groups in total. The lowest BCUT2D eigenvalue weighted by molar-refractivity contribution is -0.114. The maximum absolute atomic E-state index is 11.2. The number of carbonyl (C=O) groups excluding carboxylic acids is 1. The van der Waals surface area contributed by atoms with Crippen LogP contribution in [-0.4, -0.2) is 30.0 Å². The third-order valence-electron chi connectivity index (χ3n) is 4.30. The van der Waals surface area contributed by atoms with Gasteiger partial charge in [-0.1, -0.05) is 18.2 Å². The average molecular weight is 333 g/mol. The van der Waals surface area contributed by atoms with Crippen molar-refractivity contribution >= 4 is 37.4 Å². The van der Waals surface area contributed by atoms with E-state index in [4.69, 9.17) is 9.31 Å². The first kappa shape index (κ1) is 18.1.